The number of esters is 1. The third-order valence-electron chi connectivity index (χ3n) is 1.62. The number of benzene rings is 1. The molecule has 0 radical (unpaired) electrons. The van der Waals surface area contributed by atoms with Gasteiger partial charge in [0.25, 0.3) is 0 Å². The third kappa shape index (κ3) is 2.57. The van der Waals surface area contributed by atoms with E-state index in [1.807, 2.05) is 0 Å². The average molecular weight is 213 g/mol. The summed E-state index contributed by atoms with van der Waals surface area (Å²) < 4.78 is 4.90. The molecule has 0 N–H and O–H groups in total. The van der Waals surface area contributed by atoms with Crippen LogP contribution in [0.15, 0.2) is 18.2 Å². The first-order chi connectivity index (χ1) is 6.67. The van der Waals surface area contributed by atoms with Crippen LogP contribution >= 0.6 is 11.6 Å². The second-order valence-electron chi connectivity index (χ2n) is 2.63. The van der Waals surface area contributed by atoms with Crippen LogP contribution in [-0.2, 0) is 4.79 Å². The molecule has 0 aliphatic carbocycles. The Morgan fingerprint density at radius 1 is 1.57 bits per heavy atom. The molecule has 0 bridgehead atoms. The summed E-state index contributed by atoms with van der Waals surface area (Å²) in [6.45, 7) is 1.70. The summed E-state index contributed by atoms with van der Waals surface area (Å²) in [7, 11) is 0. The minimum absolute atomic E-state index is 0.279. The van der Waals surface area contributed by atoms with E-state index >= 15 is 0 Å². The molecule has 0 saturated heterocycles. The zero-order chi connectivity index (χ0) is 10.6. The number of aldehydes is 1. The van der Waals surface area contributed by atoms with Gasteiger partial charge in [0.2, 0.25) is 0 Å². The van der Waals surface area contributed by atoms with Crippen LogP contribution in [0, 0.1) is 0 Å². The van der Waals surface area contributed by atoms with Crippen LogP contribution in [0.5, 0.6) is 5.75 Å². The molecule has 0 heterocycles. The Bertz CT molecular complexity index is 360. The van der Waals surface area contributed by atoms with E-state index in [2.05, 4.69) is 0 Å². The highest BCUT2D eigenvalue weighted by Gasteiger charge is 2.04. The van der Waals surface area contributed by atoms with Gasteiger partial charge in [-0.1, -0.05) is 18.5 Å². The summed E-state index contributed by atoms with van der Waals surface area (Å²) in [5, 5.41) is 0.279. The van der Waals surface area contributed by atoms with Crippen molar-refractivity contribution in [1.29, 1.82) is 0 Å². The van der Waals surface area contributed by atoms with E-state index in [1.54, 1.807) is 6.92 Å². The molecule has 0 spiro atoms. The minimum atomic E-state index is -0.333. The highest BCUT2D eigenvalue weighted by atomic mass is 35.5. The molecular formula is C10H9ClO3. The standard InChI is InChI=1S/C10H9ClO3/c1-2-10(13)14-8-4-3-7(6-12)9(11)5-8/h3-6H,2H2,1H3. The molecule has 1 rings (SSSR count). The Kier molecular flexibility index (Phi) is 3.65. The summed E-state index contributed by atoms with van der Waals surface area (Å²) in [6, 6.07) is 4.48. The normalized spacial score (nSPS) is 9.57. The van der Waals surface area contributed by atoms with Gasteiger partial charge in [0, 0.05) is 18.1 Å². The van der Waals surface area contributed by atoms with Crippen molar-refractivity contribution in [1.82, 2.24) is 0 Å². The van der Waals surface area contributed by atoms with Crippen molar-refractivity contribution in [2.24, 2.45) is 0 Å². The van der Waals surface area contributed by atoms with E-state index < -0.39 is 0 Å². The lowest BCUT2D eigenvalue weighted by atomic mass is 10.2. The maximum atomic E-state index is 10.9. The van der Waals surface area contributed by atoms with Crippen LogP contribution in [0.3, 0.4) is 0 Å². The number of hydrogen-bond donors (Lipinski definition) is 0. The van der Waals surface area contributed by atoms with Crippen molar-refractivity contribution in [2.75, 3.05) is 0 Å². The van der Waals surface area contributed by atoms with Gasteiger partial charge in [-0.2, -0.15) is 0 Å². The Labute approximate surface area is 86.6 Å². The number of hydrogen-bond acceptors (Lipinski definition) is 3. The molecular weight excluding hydrogens is 204 g/mol. The predicted molar refractivity (Wildman–Crippen MR) is 52.8 cm³/mol. The van der Waals surface area contributed by atoms with Crippen LogP contribution in [0.2, 0.25) is 5.02 Å². The van der Waals surface area contributed by atoms with Crippen LogP contribution in [0.25, 0.3) is 0 Å². The Morgan fingerprint density at radius 3 is 2.79 bits per heavy atom. The van der Waals surface area contributed by atoms with Crippen molar-refractivity contribution in [3.8, 4) is 5.75 Å². The van der Waals surface area contributed by atoms with Crippen molar-refractivity contribution < 1.29 is 14.3 Å². The van der Waals surface area contributed by atoms with Gasteiger partial charge in [-0.25, -0.2) is 0 Å². The molecule has 0 fully saturated rings. The van der Waals surface area contributed by atoms with Crippen molar-refractivity contribution >= 4 is 23.9 Å². The molecule has 0 unspecified atom stereocenters. The largest absolute Gasteiger partial charge is 0.426 e. The third-order valence-corrected chi connectivity index (χ3v) is 1.95. The first kappa shape index (κ1) is 10.7. The first-order valence-corrected chi connectivity index (χ1v) is 4.50. The number of rotatable bonds is 3. The number of carbonyl (C=O) groups excluding carboxylic acids is 2. The summed E-state index contributed by atoms with van der Waals surface area (Å²) in [4.78, 5) is 21.3. The first-order valence-electron chi connectivity index (χ1n) is 4.12. The van der Waals surface area contributed by atoms with Crippen molar-refractivity contribution in [2.45, 2.75) is 13.3 Å². The van der Waals surface area contributed by atoms with Gasteiger partial charge in [-0.05, 0) is 12.1 Å². The molecule has 1 aromatic rings. The fourth-order valence-electron chi connectivity index (χ4n) is 0.871. The smallest absolute Gasteiger partial charge is 0.310 e. The lowest BCUT2D eigenvalue weighted by Crippen LogP contribution is -2.05. The van der Waals surface area contributed by atoms with E-state index in [-0.39, 0.29) is 11.0 Å². The topological polar surface area (TPSA) is 43.4 Å². The summed E-state index contributed by atoms with van der Waals surface area (Å²) in [5.74, 6) is 0.0207. The summed E-state index contributed by atoms with van der Waals surface area (Å²) in [5.41, 5.74) is 0.378. The number of halogens is 1. The minimum Gasteiger partial charge on any atom is -0.426 e. The second kappa shape index (κ2) is 4.77. The second-order valence-corrected chi connectivity index (χ2v) is 3.04. The van der Waals surface area contributed by atoms with E-state index in [9.17, 15) is 9.59 Å². The van der Waals surface area contributed by atoms with E-state index in [0.717, 1.165) is 0 Å². The highest BCUT2D eigenvalue weighted by Crippen LogP contribution is 2.21. The SMILES string of the molecule is CCC(=O)Oc1ccc(C=O)c(Cl)c1. The molecule has 0 atom stereocenters. The molecule has 0 amide bonds. The number of carbonyl (C=O) groups is 2. The van der Waals surface area contributed by atoms with Gasteiger partial charge >= 0.3 is 5.97 Å². The monoisotopic (exact) mass is 212 g/mol. The van der Waals surface area contributed by atoms with E-state index in [4.69, 9.17) is 16.3 Å². The average Bonchev–Trinajstić information content (AvgIpc) is 2.18. The van der Waals surface area contributed by atoms with Gasteiger partial charge in [0.15, 0.2) is 6.29 Å². The lowest BCUT2D eigenvalue weighted by molar-refractivity contribution is -0.134. The Morgan fingerprint density at radius 2 is 2.29 bits per heavy atom. The zero-order valence-corrected chi connectivity index (χ0v) is 8.38. The quantitative estimate of drug-likeness (QED) is 0.439. The maximum absolute atomic E-state index is 10.9. The fraction of sp³-hybridized carbons (Fsp3) is 0.200. The number of ether oxygens (including phenoxy) is 1. The molecule has 0 aliphatic rings. The van der Waals surface area contributed by atoms with Crippen LogP contribution in [-0.4, -0.2) is 12.3 Å². The molecule has 3 nitrogen and oxygen atoms in total. The van der Waals surface area contributed by atoms with Gasteiger partial charge in [-0.15, -0.1) is 0 Å². The van der Waals surface area contributed by atoms with Gasteiger partial charge in [0.1, 0.15) is 5.75 Å². The fourth-order valence-corrected chi connectivity index (χ4v) is 1.09. The summed E-state index contributed by atoms with van der Waals surface area (Å²) >= 11 is 5.73. The Hall–Kier alpha value is -1.35. The summed E-state index contributed by atoms with van der Waals surface area (Å²) in [6.07, 6.45) is 0.945. The van der Waals surface area contributed by atoms with Crippen molar-refractivity contribution in [3.63, 3.8) is 0 Å². The molecule has 14 heavy (non-hydrogen) atoms. The molecule has 0 aliphatic heterocycles. The van der Waals surface area contributed by atoms with Crippen molar-refractivity contribution in [3.05, 3.63) is 28.8 Å². The molecule has 4 heteroatoms. The van der Waals surface area contributed by atoms with E-state index in [0.29, 0.717) is 24.0 Å². The predicted octanol–water partition coefficient (Wildman–Crippen LogP) is 2.47. The highest BCUT2D eigenvalue weighted by molar-refractivity contribution is 6.33. The van der Waals surface area contributed by atoms with Crippen LogP contribution in [0.4, 0.5) is 0 Å². The van der Waals surface area contributed by atoms with E-state index in [1.165, 1.54) is 18.2 Å². The lowest BCUT2D eigenvalue weighted by Gasteiger charge is -2.03. The van der Waals surface area contributed by atoms with Crippen LogP contribution in [0.1, 0.15) is 23.7 Å². The van der Waals surface area contributed by atoms with Gasteiger partial charge in [0.05, 0.1) is 5.02 Å². The maximum Gasteiger partial charge on any atom is 0.310 e. The molecule has 74 valence electrons. The molecule has 0 saturated carbocycles. The zero-order valence-electron chi connectivity index (χ0n) is 7.62. The van der Waals surface area contributed by atoms with Gasteiger partial charge in [-0.3, -0.25) is 9.59 Å². The Balaban J connectivity index is 2.86. The van der Waals surface area contributed by atoms with Crippen LogP contribution < -0.4 is 4.74 Å². The van der Waals surface area contributed by atoms with Gasteiger partial charge < -0.3 is 4.74 Å². The molecule has 1 aromatic carbocycles. The molecule has 0 aromatic heterocycles.